The van der Waals surface area contributed by atoms with E-state index in [9.17, 15) is 13.2 Å². The molecule has 1 heterocycles. The van der Waals surface area contributed by atoms with Crippen molar-refractivity contribution in [3.05, 3.63) is 34.2 Å². The monoisotopic (exact) mass is 203 g/mol. The summed E-state index contributed by atoms with van der Waals surface area (Å²) in [5.41, 5.74) is -0.0215. The van der Waals surface area contributed by atoms with Crippen LogP contribution in [0.3, 0.4) is 0 Å². The van der Waals surface area contributed by atoms with Crippen LogP contribution in [0.1, 0.15) is 5.56 Å². The molecule has 0 amide bonds. The Balaban J connectivity index is 3.06. The van der Waals surface area contributed by atoms with E-state index in [0.29, 0.717) is 0 Å². The van der Waals surface area contributed by atoms with Gasteiger partial charge in [0.05, 0.1) is 0 Å². The molecule has 0 saturated heterocycles. The molecule has 0 aromatic carbocycles. The van der Waals surface area contributed by atoms with Crippen LogP contribution < -0.4 is 5.56 Å². The maximum absolute atomic E-state index is 11.0. The van der Waals surface area contributed by atoms with Crippen LogP contribution >= 0.6 is 0 Å². The van der Waals surface area contributed by atoms with Crippen molar-refractivity contribution in [2.45, 2.75) is 5.75 Å². The third-order valence-corrected chi connectivity index (χ3v) is 2.22. The summed E-state index contributed by atoms with van der Waals surface area (Å²) in [4.78, 5) is 11.0. The Hall–Kier alpha value is -1.14. The van der Waals surface area contributed by atoms with Crippen molar-refractivity contribution in [2.24, 2.45) is 7.05 Å². The molecule has 0 aliphatic heterocycles. The zero-order chi connectivity index (χ0) is 10.1. The van der Waals surface area contributed by atoms with Gasteiger partial charge in [-0.05, 0) is 11.6 Å². The maximum Gasteiger partial charge on any atom is 0.269 e. The molecular weight excluding hydrogens is 194 g/mol. The third kappa shape index (κ3) is 3.00. The highest BCUT2D eigenvalue weighted by atomic mass is 32.2. The number of hydrogen-bond donors (Lipinski definition) is 1. The number of pyridine rings is 1. The van der Waals surface area contributed by atoms with Crippen LogP contribution in [-0.2, 0) is 22.9 Å². The number of nitrogens with zero attached hydrogens (tertiary/aromatic N) is 1. The zero-order valence-electron chi connectivity index (χ0n) is 6.97. The molecule has 6 heteroatoms. The van der Waals surface area contributed by atoms with Crippen molar-refractivity contribution in [3.63, 3.8) is 0 Å². The molecule has 0 saturated carbocycles. The van der Waals surface area contributed by atoms with Crippen LogP contribution in [0.5, 0.6) is 0 Å². The highest BCUT2D eigenvalue weighted by Crippen LogP contribution is 2.00. The van der Waals surface area contributed by atoms with Crippen molar-refractivity contribution in [1.82, 2.24) is 4.57 Å². The SMILES string of the molecule is Cn1ccc(CS(=O)(=O)O)cc1=O. The second-order valence-electron chi connectivity index (χ2n) is 2.71. The molecule has 0 radical (unpaired) electrons. The van der Waals surface area contributed by atoms with Gasteiger partial charge in [-0.15, -0.1) is 0 Å². The Morgan fingerprint density at radius 3 is 2.62 bits per heavy atom. The van der Waals surface area contributed by atoms with Gasteiger partial charge in [-0.2, -0.15) is 8.42 Å². The summed E-state index contributed by atoms with van der Waals surface area (Å²) in [7, 11) is -2.50. The van der Waals surface area contributed by atoms with Crippen LogP contribution in [0.2, 0.25) is 0 Å². The molecule has 0 atom stereocenters. The van der Waals surface area contributed by atoms with Crippen molar-refractivity contribution in [1.29, 1.82) is 0 Å². The first kappa shape index (κ1) is 9.94. The van der Waals surface area contributed by atoms with Crippen LogP contribution in [0.25, 0.3) is 0 Å². The first-order valence-electron chi connectivity index (χ1n) is 3.49. The van der Waals surface area contributed by atoms with Crippen LogP contribution in [0, 0.1) is 0 Å². The topological polar surface area (TPSA) is 76.4 Å². The highest BCUT2D eigenvalue weighted by Gasteiger charge is 2.06. The Kier molecular flexibility index (Phi) is 2.53. The molecule has 1 aromatic rings. The van der Waals surface area contributed by atoms with Gasteiger partial charge in [0, 0.05) is 19.3 Å². The van der Waals surface area contributed by atoms with Gasteiger partial charge in [0.25, 0.3) is 15.7 Å². The summed E-state index contributed by atoms with van der Waals surface area (Å²) in [6.45, 7) is 0. The fraction of sp³-hybridized carbons (Fsp3) is 0.286. The van der Waals surface area contributed by atoms with Crippen molar-refractivity contribution in [3.8, 4) is 0 Å². The molecule has 0 aliphatic rings. The van der Waals surface area contributed by atoms with Gasteiger partial charge >= 0.3 is 0 Å². The molecule has 0 spiro atoms. The largest absolute Gasteiger partial charge is 0.319 e. The first-order valence-corrected chi connectivity index (χ1v) is 5.10. The summed E-state index contributed by atoms with van der Waals surface area (Å²) < 4.78 is 30.7. The standard InChI is InChI=1S/C7H9NO4S/c1-8-3-2-6(4-7(8)9)5-13(10,11)12/h2-4H,5H2,1H3,(H,10,11,12). The predicted octanol–water partition coefficient (Wildman–Crippen LogP) is -0.227. The number of rotatable bonds is 2. The average molecular weight is 203 g/mol. The predicted molar refractivity (Wildman–Crippen MR) is 46.9 cm³/mol. The van der Waals surface area contributed by atoms with E-state index in [-0.39, 0.29) is 11.1 Å². The lowest BCUT2D eigenvalue weighted by atomic mass is 10.3. The van der Waals surface area contributed by atoms with Gasteiger partial charge in [-0.1, -0.05) is 0 Å². The van der Waals surface area contributed by atoms with E-state index < -0.39 is 15.9 Å². The minimum atomic E-state index is -4.05. The molecule has 72 valence electrons. The van der Waals surface area contributed by atoms with Crippen molar-refractivity contribution in [2.75, 3.05) is 0 Å². The lowest BCUT2D eigenvalue weighted by Crippen LogP contribution is -2.16. The minimum absolute atomic E-state index is 0.283. The lowest BCUT2D eigenvalue weighted by Gasteiger charge is -1.99. The van der Waals surface area contributed by atoms with E-state index in [4.69, 9.17) is 4.55 Å². The van der Waals surface area contributed by atoms with Gasteiger partial charge in [-0.25, -0.2) is 0 Å². The fourth-order valence-electron chi connectivity index (χ4n) is 0.890. The summed E-state index contributed by atoms with van der Waals surface area (Å²) >= 11 is 0. The van der Waals surface area contributed by atoms with Crippen molar-refractivity contribution < 1.29 is 13.0 Å². The second kappa shape index (κ2) is 3.31. The normalized spacial score (nSPS) is 11.5. The molecule has 0 bridgehead atoms. The van der Waals surface area contributed by atoms with E-state index >= 15 is 0 Å². The molecule has 1 N–H and O–H groups in total. The second-order valence-corrected chi connectivity index (χ2v) is 4.16. The molecule has 13 heavy (non-hydrogen) atoms. The fourth-order valence-corrected chi connectivity index (χ4v) is 1.49. The Bertz CT molecular complexity index is 460. The van der Waals surface area contributed by atoms with Gasteiger partial charge in [0.2, 0.25) is 0 Å². The molecule has 0 unspecified atom stereocenters. The van der Waals surface area contributed by atoms with Crippen LogP contribution in [-0.4, -0.2) is 17.5 Å². The van der Waals surface area contributed by atoms with E-state index in [1.807, 2.05) is 0 Å². The molecular formula is C7H9NO4S. The quantitative estimate of drug-likeness (QED) is 0.674. The average Bonchev–Trinajstić information content (AvgIpc) is 1.94. The van der Waals surface area contributed by atoms with Gasteiger partial charge in [0.1, 0.15) is 5.75 Å². The molecule has 1 rings (SSSR count). The summed E-state index contributed by atoms with van der Waals surface area (Å²) in [6.07, 6.45) is 1.45. The lowest BCUT2D eigenvalue weighted by molar-refractivity contribution is 0.482. The Morgan fingerprint density at radius 1 is 1.54 bits per heavy atom. The zero-order valence-corrected chi connectivity index (χ0v) is 7.78. The Morgan fingerprint density at radius 2 is 2.15 bits per heavy atom. The summed E-state index contributed by atoms with van der Waals surface area (Å²) in [5, 5.41) is 0. The van der Waals surface area contributed by atoms with E-state index in [0.717, 1.165) is 0 Å². The number of hydrogen-bond acceptors (Lipinski definition) is 3. The van der Waals surface area contributed by atoms with Crippen LogP contribution in [0.15, 0.2) is 23.1 Å². The maximum atomic E-state index is 11.0. The molecule has 1 aromatic heterocycles. The molecule has 0 fully saturated rings. The summed E-state index contributed by atoms with van der Waals surface area (Å²) in [5.74, 6) is -0.525. The smallest absolute Gasteiger partial charge is 0.269 e. The number of aromatic nitrogens is 1. The third-order valence-electron chi connectivity index (χ3n) is 1.52. The summed E-state index contributed by atoms with van der Waals surface area (Å²) in [6, 6.07) is 2.64. The van der Waals surface area contributed by atoms with Crippen LogP contribution in [0.4, 0.5) is 0 Å². The van der Waals surface area contributed by atoms with Gasteiger partial charge < -0.3 is 4.57 Å². The van der Waals surface area contributed by atoms with Gasteiger partial charge in [0.15, 0.2) is 0 Å². The molecule has 5 nitrogen and oxygen atoms in total. The number of aryl methyl sites for hydroxylation is 1. The Labute approximate surface area is 75.4 Å². The first-order chi connectivity index (χ1) is 5.88. The minimum Gasteiger partial charge on any atom is -0.319 e. The van der Waals surface area contributed by atoms with E-state index in [1.54, 1.807) is 7.05 Å². The molecule has 0 aliphatic carbocycles. The van der Waals surface area contributed by atoms with E-state index in [1.165, 1.54) is 22.9 Å². The van der Waals surface area contributed by atoms with Gasteiger partial charge in [-0.3, -0.25) is 9.35 Å². The highest BCUT2D eigenvalue weighted by molar-refractivity contribution is 7.85. The van der Waals surface area contributed by atoms with E-state index in [2.05, 4.69) is 0 Å². The van der Waals surface area contributed by atoms with Crippen molar-refractivity contribution >= 4 is 10.1 Å².